The third-order valence-corrected chi connectivity index (χ3v) is 1.85. The van der Waals surface area contributed by atoms with E-state index in [1.165, 1.54) is 5.56 Å². The molecule has 2 heteroatoms. The molecule has 1 unspecified atom stereocenters. The zero-order valence-corrected chi connectivity index (χ0v) is 8.45. The van der Waals surface area contributed by atoms with Crippen molar-refractivity contribution in [3.05, 3.63) is 29.8 Å². The van der Waals surface area contributed by atoms with E-state index < -0.39 is 0 Å². The van der Waals surface area contributed by atoms with E-state index in [0.717, 1.165) is 5.75 Å². The molecule has 1 aromatic carbocycles. The minimum Gasteiger partial charge on any atom is -0.476 e. The maximum atomic E-state index is 5.57. The number of nitrogens with two attached hydrogens (primary N) is 1. The first kappa shape index (κ1) is 10.1. The van der Waals surface area contributed by atoms with Crippen LogP contribution in [-0.4, -0.2) is 6.23 Å². The van der Waals surface area contributed by atoms with E-state index in [-0.39, 0.29) is 6.23 Å². The summed E-state index contributed by atoms with van der Waals surface area (Å²) < 4.78 is 5.48. The summed E-state index contributed by atoms with van der Waals surface area (Å²) in [6.45, 7) is 6.11. The number of hydrogen-bond acceptors (Lipinski definition) is 2. The summed E-state index contributed by atoms with van der Waals surface area (Å²) in [5.41, 5.74) is 6.78. The topological polar surface area (TPSA) is 35.2 Å². The SMILES string of the molecule is CC(N)Oc1ccccc1C(C)C. The van der Waals surface area contributed by atoms with E-state index in [0.29, 0.717) is 5.92 Å². The lowest BCUT2D eigenvalue weighted by Crippen LogP contribution is -2.23. The molecule has 2 nitrogen and oxygen atoms in total. The van der Waals surface area contributed by atoms with Crippen LogP contribution in [0.3, 0.4) is 0 Å². The summed E-state index contributed by atoms with van der Waals surface area (Å²) >= 11 is 0. The summed E-state index contributed by atoms with van der Waals surface area (Å²) in [5, 5.41) is 0. The molecule has 1 rings (SSSR count). The standard InChI is InChI=1S/C11H17NO/c1-8(2)10-6-4-5-7-11(10)13-9(3)12/h4-9H,12H2,1-3H3. The molecule has 1 aromatic rings. The van der Waals surface area contributed by atoms with Crippen LogP contribution < -0.4 is 10.5 Å². The third-order valence-electron chi connectivity index (χ3n) is 1.85. The highest BCUT2D eigenvalue weighted by Crippen LogP contribution is 2.25. The number of benzene rings is 1. The van der Waals surface area contributed by atoms with Crippen LogP contribution in [0.1, 0.15) is 32.3 Å². The van der Waals surface area contributed by atoms with E-state index in [2.05, 4.69) is 19.9 Å². The van der Waals surface area contributed by atoms with E-state index >= 15 is 0 Å². The molecule has 72 valence electrons. The monoisotopic (exact) mass is 179 g/mol. The Bertz CT molecular complexity index is 269. The van der Waals surface area contributed by atoms with E-state index in [9.17, 15) is 0 Å². The van der Waals surface area contributed by atoms with Crippen LogP contribution in [0.4, 0.5) is 0 Å². The van der Waals surface area contributed by atoms with E-state index in [1.54, 1.807) is 0 Å². The number of para-hydroxylation sites is 1. The Morgan fingerprint density at radius 1 is 1.15 bits per heavy atom. The number of hydrogen-bond donors (Lipinski definition) is 1. The van der Waals surface area contributed by atoms with Crippen molar-refractivity contribution in [2.45, 2.75) is 32.9 Å². The van der Waals surface area contributed by atoms with Gasteiger partial charge in [-0.05, 0) is 24.5 Å². The van der Waals surface area contributed by atoms with Crippen LogP contribution in [0.2, 0.25) is 0 Å². The fourth-order valence-electron chi connectivity index (χ4n) is 1.27. The molecule has 0 aliphatic rings. The molecule has 0 saturated carbocycles. The lowest BCUT2D eigenvalue weighted by Gasteiger charge is -2.15. The molecule has 2 N–H and O–H groups in total. The maximum Gasteiger partial charge on any atom is 0.144 e. The Morgan fingerprint density at radius 3 is 2.31 bits per heavy atom. The molecule has 0 aliphatic carbocycles. The second-order valence-corrected chi connectivity index (χ2v) is 3.52. The molecule has 0 radical (unpaired) electrons. The first-order valence-electron chi connectivity index (χ1n) is 4.62. The molecule has 0 aliphatic heterocycles. The highest BCUT2D eigenvalue weighted by Gasteiger charge is 2.07. The van der Waals surface area contributed by atoms with Crippen LogP contribution in [0.25, 0.3) is 0 Å². The summed E-state index contributed by atoms with van der Waals surface area (Å²) in [6, 6.07) is 8.01. The van der Waals surface area contributed by atoms with E-state index in [4.69, 9.17) is 10.5 Å². The van der Waals surface area contributed by atoms with Crippen molar-refractivity contribution in [1.29, 1.82) is 0 Å². The van der Waals surface area contributed by atoms with Gasteiger partial charge in [0, 0.05) is 0 Å². The second-order valence-electron chi connectivity index (χ2n) is 3.52. The largest absolute Gasteiger partial charge is 0.476 e. The van der Waals surface area contributed by atoms with Gasteiger partial charge in [0.1, 0.15) is 12.0 Å². The smallest absolute Gasteiger partial charge is 0.144 e. The van der Waals surface area contributed by atoms with Crippen molar-refractivity contribution in [3.8, 4) is 5.75 Å². The average Bonchev–Trinajstić information content (AvgIpc) is 2.03. The summed E-state index contributed by atoms with van der Waals surface area (Å²) in [7, 11) is 0. The molecular formula is C11H17NO. The van der Waals surface area contributed by atoms with Gasteiger partial charge in [0.25, 0.3) is 0 Å². The molecule has 0 amide bonds. The van der Waals surface area contributed by atoms with Crippen molar-refractivity contribution < 1.29 is 4.74 Å². The van der Waals surface area contributed by atoms with Crippen molar-refractivity contribution in [2.75, 3.05) is 0 Å². The normalized spacial score (nSPS) is 13.0. The Morgan fingerprint density at radius 2 is 1.77 bits per heavy atom. The molecule has 0 saturated heterocycles. The lowest BCUT2D eigenvalue weighted by molar-refractivity contribution is 0.227. The van der Waals surface area contributed by atoms with Gasteiger partial charge in [-0.1, -0.05) is 32.0 Å². The van der Waals surface area contributed by atoms with Crippen LogP contribution in [-0.2, 0) is 0 Å². The van der Waals surface area contributed by atoms with Gasteiger partial charge >= 0.3 is 0 Å². The van der Waals surface area contributed by atoms with Gasteiger partial charge in [-0.3, -0.25) is 5.73 Å². The second kappa shape index (κ2) is 4.28. The van der Waals surface area contributed by atoms with E-state index in [1.807, 2.05) is 25.1 Å². The molecule has 0 aromatic heterocycles. The van der Waals surface area contributed by atoms with Crippen LogP contribution in [0.15, 0.2) is 24.3 Å². The van der Waals surface area contributed by atoms with Gasteiger partial charge < -0.3 is 4.74 Å². The van der Waals surface area contributed by atoms with Crippen molar-refractivity contribution >= 4 is 0 Å². The quantitative estimate of drug-likeness (QED) is 0.723. The fraction of sp³-hybridized carbons (Fsp3) is 0.455. The average molecular weight is 179 g/mol. The van der Waals surface area contributed by atoms with Crippen LogP contribution in [0.5, 0.6) is 5.75 Å². The Kier molecular flexibility index (Phi) is 3.32. The minimum atomic E-state index is -0.250. The molecular weight excluding hydrogens is 162 g/mol. The third kappa shape index (κ3) is 2.74. The van der Waals surface area contributed by atoms with Gasteiger partial charge in [-0.2, -0.15) is 0 Å². The predicted octanol–water partition coefficient (Wildman–Crippen LogP) is 2.49. The minimum absolute atomic E-state index is 0.250. The zero-order valence-electron chi connectivity index (χ0n) is 8.45. The number of ether oxygens (including phenoxy) is 1. The van der Waals surface area contributed by atoms with Crippen molar-refractivity contribution in [1.82, 2.24) is 0 Å². The first-order valence-corrected chi connectivity index (χ1v) is 4.62. The van der Waals surface area contributed by atoms with Gasteiger partial charge in [0.05, 0.1) is 0 Å². The van der Waals surface area contributed by atoms with Gasteiger partial charge in [-0.25, -0.2) is 0 Å². The van der Waals surface area contributed by atoms with Crippen molar-refractivity contribution in [2.24, 2.45) is 5.73 Å². The molecule has 0 bridgehead atoms. The molecule has 1 atom stereocenters. The Labute approximate surface area is 79.7 Å². The van der Waals surface area contributed by atoms with Crippen molar-refractivity contribution in [3.63, 3.8) is 0 Å². The number of rotatable bonds is 3. The molecule has 0 spiro atoms. The van der Waals surface area contributed by atoms with Gasteiger partial charge in [0.15, 0.2) is 0 Å². The lowest BCUT2D eigenvalue weighted by atomic mass is 10.0. The predicted molar refractivity (Wildman–Crippen MR) is 54.8 cm³/mol. The highest BCUT2D eigenvalue weighted by atomic mass is 16.5. The maximum absolute atomic E-state index is 5.57. The Hall–Kier alpha value is -1.02. The molecule has 13 heavy (non-hydrogen) atoms. The highest BCUT2D eigenvalue weighted by molar-refractivity contribution is 5.35. The summed E-state index contributed by atoms with van der Waals surface area (Å²) in [6.07, 6.45) is -0.250. The molecule has 0 heterocycles. The summed E-state index contributed by atoms with van der Waals surface area (Å²) in [5.74, 6) is 1.36. The Balaban J connectivity index is 2.91. The molecule has 0 fully saturated rings. The van der Waals surface area contributed by atoms with Crippen LogP contribution >= 0.6 is 0 Å². The van der Waals surface area contributed by atoms with Gasteiger partial charge in [-0.15, -0.1) is 0 Å². The fourth-order valence-corrected chi connectivity index (χ4v) is 1.27. The summed E-state index contributed by atoms with van der Waals surface area (Å²) in [4.78, 5) is 0. The first-order chi connectivity index (χ1) is 6.11. The van der Waals surface area contributed by atoms with Gasteiger partial charge in [0.2, 0.25) is 0 Å². The zero-order chi connectivity index (χ0) is 9.84. The van der Waals surface area contributed by atoms with Crippen LogP contribution in [0, 0.1) is 0 Å².